The molecule has 196 valence electrons. The van der Waals surface area contributed by atoms with Gasteiger partial charge in [-0.15, -0.1) is 0 Å². The van der Waals surface area contributed by atoms with E-state index in [2.05, 4.69) is 32.6 Å². The lowest BCUT2D eigenvalue weighted by atomic mass is 10.1. The molecule has 1 N–H and O–H groups in total. The van der Waals surface area contributed by atoms with Gasteiger partial charge in [0, 0.05) is 19.6 Å². The summed E-state index contributed by atoms with van der Waals surface area (Å²) in [6.45, 7) is 14.5. The fourth-order valence-corrected chi connectivity index (χ4v) is 3.90. The first-order chi connectivity index (χ1) is 16.4. The third-order valence-corrected chi connectivity index (χ3v) is 6.20. The number of carboxylic acids is 1. The van der Waals surface area contributed by atoms with Gasteiger partial charge in [0.2, 0.25) is 6.17 Å². The maximum atomic E-state index is 13.4. The number of hydrogen-bond acceptors (Lipinski definition) is 5. The Morgan fingerprint density at radius 1 is 1.09 bits per heavy atom. The first kappa shape index (κ1) is 30.3. The summed E-state index contributed by atoms with van der Waals surface area (Å²) in [5, 5.41) is 8.72. The number of aliphatic carboxylic acids is 1. The van der Waals surface area contributed by atoms with Crippen LogP contribution in [0.3, 0.4) is 0 Å². The van der Waals surface area contributed by atoms with Crippen LogP contribution in [0.25, 0.3) is 0 Å². The van der Waals surface area contributed by atoms with Crippen LogP contribution in [0.1, 0.15) is 77.9 Å². The van der Waals surface area contributed by atoms with E-state index in [1.807, 2.05) is 24.3 Å². The largest absolute Gasteiger partial charge is 0.494 e. The number of alkyl halides is 1. The van der Waals surface area contributed by atoms with Crippen LogP contribution in [0.15, 0.2) is 24.3 Å². The predicted octanol–water partition coefficient (Wildman–Crippen LogP) is 5.57. The molecule has 1 aliphatic heterocycles. The van der Waals surface area contributed by atoms with Crippen molar-refractivity contribution >= 4 is 5.97 Å². The summed E-state index contributed by atoms with van der Waals surface area (Å²) in [5.41, 5.74) is 0.998. The lowest BCUT2D eigenvalue weighted by Crippen LogP contribution is -2.43. The Kier molecular flexibility index (Phi) is 16.6. The molecule has 0 bridgehead atoms. The maximum Gasteiger partial charge on any atom is 0.339 e. The molecular formula is C27H47FN2O4. The quantitative estimate of drug-likeness (QED) is 0.330. The summed E-state index contributed by atoms with van der Waals surface area (Å²) in [5.74, 6) is -0.570. The Morgan fingerprint density at radius 3 is 2.26 bits per heavy atom. The second-order valence-electron chi connectivity index (χ2n) is 8.73. The Balaban J connectivity index is 0.000000718. The van der Waals surface area contributed by atoms with Gasteiger partial charge in [-0.3, -0.25) is 4.90 Å². The lowest BCUT2D eigenvalue weighted by Gasteiger charge is -2.33. The first-order valence-electron chi connectivity index (χ1n) is 13.1. The van der Waals surface area contributed by atoms with Crippen molar-refractivity contribution in [2.24, 2.45) is 0 Å². The van der Waals surface area contributed by atoms with Gasteiger partial charge in [0.25, 0.3) is 0 Å². The van der Waals surface area contributed by atoms with Crippen molar-refractivity contribution in [3.8, 4) is 5.75 Å². The normalized spacial score (nSPS) is 17.2. The molecular weight excluding hydrogens is 435 g/mol. The van der Waals surface area contributed by atoms with Crippen LogP contribution in [-0.4, -0.2) is 79.5 Å². The minimum atomic E-state index is -1.86. The van der Waals surface area contributed by atoms with Crippen LogP contribution in [0, 0.1) is 0 Å². The van der Waals surface area contributed by atoms with Gasteiger partial charge in [0.1, 0.15) is 5.75 Å². The Morgan fingerprint density at radius 2 is 1.71 bits per heavy atom. The molecule has 34 heavy (non-hydrogen) atoms. The van der Waals surface area contributed by atoms with E-state index in [9.17, 15) is 9.18 Å². The molecule has 2 rings (SSSR count). The fraction of sp³-hybridized carbons (Fsp3) is 0.741. The van der Waals surface area contributed by atoms with Crippen LogP contribution in [-0.2, 0) is 9.53 Å². The standard InChI is InChI=1S/C21H32FNO4.C6H15N/c1-2-3-4-5-6-7-13-26-18-10-8-17(9-11-18)20-16-23(12-14-27-20)15-19(22)21(24)25;1-4-7(5-2)6-3/h8-11,19-20H,2-7,12-16H2,1H3,(H,24,25);4-6H2,1-3H3. The fourth-order valence-electron chi connectivity index (χ4n) is 3.90. The van der Waals surface area contributed by atoms with Gasteiger partial charge in [-0.2, -0.15) is 0 Å². The number of carboxylic acid groups (broad SMARTS) is 1. The second kappa shape index (κ2) is 18.6. The Labute approximate surface area is 206 Å². The van der Waals surface area contributed by atoms with Crippen molar-refractivity contribution < 1.29 is 23.8 Å². The van der Waals surface area contributed by atoms with Crippen LogP contribution in [0.2, 0.25) is 0 Å². The highest BCUT2D eigenvalue weighted by Crippen LogP contribution is 2.24. The molecule has 2 unspecified atom stereocenters. The number of rotatable bonds is 15. The van der Waals surface area contributed by atoms with Crippen molar-refractivity contribution in [1.82, 2.24) is 9.80 Å². The number of nitrogens with zero attached hydrogens (tertiary/aromatic N) is 2. The summed E-state index contributed by atoms with van der Waals surface area (Å²) < 4.78 is 25.0. The van der Waals surface area contributed by atoms with Crippen LogP contribution < -0.4 is 4.74 Å². The van der Waals surface area contributed by atoms with Gasteiger partial charge in [-0.25, -0.2) is 9.18 Å². The Hall–Kier alpha value is -1.70. The molecule has 7 heteroatoms. The Bertz CT molecular complexity index is 635. The molecule has 0 amide bonds. The highest BCUT2D eigenvalue weighted by Gasteiger charge is 2.26. The van der Waals surface area contributed by atoms with Crippen molar-refractivity contribution in [2.45, 2.75) is 78.5 Å². The summed E-state index contributed by atoms with van der Waals surface area (Å²) in [6.07, 6.45) is 5.39. The van der Waals surface area contributed by atoms with Crippen molar-refractivity contribution in [3.63, 3.8) is 0 Å². The van der Waals surface area contributed by atoms with E-state index in [4.69, 9.17) is 14.6 Å². The molecule has 0 aromatic heterocycles. The number of morpholine rings is 1. The number of halogens is 1. The molecule has 1 aromatic carbocycles. The van der Waals surface area contributed by atoms with E-state index >= 15 is 0 Å². The highest BCUT2D eigenvalue weighted by atomic mass is 19.1. The van der Waals surface area contributed by atoms with Crippen molar-refractivity contribution in [2.75, 3.05) is 52.5 Å². The highest BCUT2D eigenvalue weighted by molar-refractivity contribution is 5.72. The third-order valence-electron chi connectivity index (χ3n) is 6.20. The van der Waals surface area contributed by atoms with Crippen molar-refractivity contribution in [3.05, 3.63) is 29.8 Å². The molecule has 0 saturated carbocycles. The van der Waals surface area contributed by atoms with Gasteiger partial charge in [-0.05, 0) is 43.8 Å². The van der Waals surface area contributed by atoms with Gasteiger partial charge < -0.3 is 19.5 Å². The maximum absolute atomic E-state index is 13.4. The van der Waals surface area contributed by atoms with Crippen LogP contribution in [0.5, 0.6) is 5.75 Å². The number of hydrogen-bond donors (Lipinski definition) is 1. The molecule has 1 saturated heterocycles. The summed E-state index contributed by atoms with van der Waals surface area (Å²) in [4.78, 5) is 14.9. The lowest BCUT2D eigenvalue weighted by molar-refractivity contribution is -0.144. The average Bonchev–Trinajstić information content (AvgIpc) is 2.85. The molecule has 0 aliphatic carbocycles. The van der Waals surface area contributed by atoms with Crippen molar-refractivity contribution in [1.29, 1.82) is 0 Å². The average molecular weight is 483 g/mol. The molecule has 1 heterocycles. The SMILES string of the molecule is CCCCCCCCOc1ccc(C2CN(CC(F)C(=O)O)CCO2)cc1.CCN(CC)CC. The predicted molar refractivity (Wildman–Crippen MR) is 136 cm³/mol. The summed E-state index contributed by atoms with van der Waals surface area (Å²) >= 11 is 0. The molecule has 2 atom stereocenters. The molecule has 0 radical (unpaired) electrons. The van der Waals surface area contributed by atoms with E-state index in [1.54, 1.807) is 4.90 Å². The van der Waals surface area contributed by atoms with Gasteiger partial charge in [-0.1, -0.05) is 71.9 Å². The smallest absolute Gasteiger partial charge is 0.339 e. The molecule has 1 aromatic rings. The van der Waals surface area contributed by atoms with Crippen LogP contribution in [0.4, 0.5) is 4.39 Å². The molecule has 1 fully saturated rings. The van der Waals surface area contributed by atoms with Gasteiger partial charge in [0.05, 0.1) is 19.3 Å². The monoisotopic (exact) mass is 482 g/mol. The first-order valence-corrected chi connectivity index (χ1v) is 13.1. The van der Waals surface area contributed by atoms with E-state index in [-0.39, 0.29) is 12.6 Å². The third kappa shape index (κ3) is 12.7. The molecule has 1 aliphatic rings. The second-order valence-corrected chi connectivity index (χ2v) is 8.73. The van der Waals surface area contributed by atoms with E-state index in [0.29, 0.717) is 19.7 Å². The minimum absolute atomic E-state index is 0.103. The van der Waals surface area contributed by atoms with Gasteiger partial charge >= 0.3 is 5.97 Å². The zero-order valence-corrected chi connectivity index (χ0v) is 21.8. The summed E-state index contributed by atoms with van der Waals surface area (Å²) in [6, 6.07) is 7.80. The number of unbranched alkanes of at least 4 members (excludes halogenated alkanes) is 5. The molecule has 0 spiro atoms. The number of benzene rings is 1. The number of carbonyl (C=O) groups is 1. The summed E-state index contributed by atoms with van der Waals surface area (Å²) in [7, 11) is 0. The molecule has 6 nitrogen and oxygen atoms in total. The zero-order valence-electron chi connectivity index (χ0n) is 21.8. The zero-order chi connectivity index (χ0) is 25.2. The van der Waals surface area contributed by atoms with E-state index < -0.39 is 12.1 Å². The topological polar surface area (TPSA) is 62.2 Å². The van der Waals surface area contributed by atoms with E-state index in [0.717, 1.165) is 24.3 Å². The van der Waals surface area contributed by atoms with E-state index in [1.165, 1.54) is 51.7 Å². The van der Waals surface area contributed by atoms with Gasteiger partial charge in [0.15, 0.2) is 0 Å². The minimum Gasteiger partial charge on any atom is -0.494 e. The van der Waals surface area contributed by atoms with Crippen LogP contribution >= 0.6 is 0 Å². The number of ether oxygens (including phenoxy) is 2.